The van der Waals surface area contributed by atoms with Gasteiger partial charge in [-0.3, -0.25) is 23.4 Å². The molecule has 58 heavy (non-hydrogen) atoms. The van der Waals surface area contributed by atoms with Crippen LogP contribution in [0.4, 0.5) is 0 Å². The van der Waals surface area contributed by atoms with Gasteiger partial charge in [0.05, 0.1) is 13.2 Å². The van der Waals surface area contributed by atoms with Crippen molar-refractivity contribution in [2.24, 2.45) is 5.73 Å². The van der Waals surface area contributed by atoms with Gasteiger partial charge in [-0.2, -0.15) is 0 Å². The highest BCUT2D eigenvalue weighted by molar-refractivity contribution is 7.47. The van der Waals surface area contributed by atoms with Gasteiger partial charge < -0.3 is 25.2 Å². The molecule has 0 rings (SSSR count). The molecule has 0 aliphatic carbocycles. The van der Waals surface area contributed by atoms with E-state index >= 15 is 0 Å². The van der Waals surface area contributed by atoms with Crippen molar-refractivity contribution in [2.45, 2.75) is 219 Å². The van der Waals surface area contributed by atoms with E-state index in [1.54, 1.807) is 0 Å². The van der Waals surface area contributed by atoms with E-state index in [0.717, 1.165) is 57.8 Å². The van der Waals surface area contributed by atoms with Crippen LogP contribution >= 0.6 is 7.82 Å². The topological polar surface area (TPSA) is 172 Å². The molecule has 0 aromatic carbocycles. The Kier molecular flexibility index (Phi) is 39.8. The van der Waals surface area contributed by atoms with Crippen LogP contribution in [0.15, 0.2) is 36.5 Å². The van der Waals surface area contributed by atoms with Gasteiger partial charge in [0, 0.05) is 12.8 Å². The number of esters is 2. The summed E-state index contributed by atoms with van der Waals surface area (Å²) in [6.45, 7) is 2.77. The Morgan fingerprint density at radius 3 is 1.38 bits per heavy atom. The van der Waals surface area contributed by atoms with Crippen molar-refractivity contribution < 1.29 is 47.5 Å². The van der Waals surface area contributed by atoms with E-state index in [9.17, 15) is 23.8 Å². The molecule has 0 radical (unpaired) electrons. The van der Waals surface area contributed by atoms with E-state index in [1.807, 2.05) is 0 Å². The SMILES string of the molecule is CCCCCC/C=C/C=C/CCCCCCCC(=O)OC[C@H](COP(=O)(O)OC[C@H](N)C(=O)O)OC(=O)CCCCCCCCCCC/C=C/CCCCCCCC. The van der Waals surface area contributed by atoms with E-state index in [4.69, 9.17) is 24.8 Å². The summed E-state index contributed by atoms with van der Waals surface area (Å²) in [6, 6.07) is -1.52. The van der Waals surface area contributed by atoms with Crippen LogP contribution in [-0.4, -0.2) is 59.9 Å². The number of carboxylic acids is 1. The fraction of sp³-hybridized carbons (Fsp3) is 0.804. The molecule has 12 heteroatoms. The van der Waals surface area contributed by atoms with Gasteiger partial charge >= 0.3 is 25.7 Å². The Morgan fingerprint density at radius 1 is 0.534 bits per heavy atom. The maximum atomic E-state index is 12.6. The zero-order valence-electron chi connectivity index (χ0n) is 36.6. The van der Waals surface area contributed by atoms with Crippen molar-refractivity contribution in [3.63, 3.8) is 0 Å². The van der Waals surface area contributed by atoms with Crippen molar-refractivity contribution >= 4 is 25.7 Å². The lowest BCUT2D eigenvalue weighted by Crippen LogP contribution is -2.34. The molecule has 0 fully saturated rings. The summed E-state index contributed by atoms with van der Waals surface area (Å²) in [7, 11) is -4.72. The van der Waals surface area contributed by atoms with E-state index in [-0.39, 0.29) is 19.4 Å². The Hall–Kier alpha value is -2.30. The van der Waals surface area contributed by atoms with Gasteiger partial charge in [-0.15, -0.1) is 0 Å². The molecule has 0 aromatic heterocycles. The first-order valence-corrected chi connectivity index (χ1v) is 24.5. The van der Waals surface area contributed by atoms with Gasteiger partial charge in [0.25, 0.3) is 0 Å². The highest BCUT2D eigenvalue weighted by Crippen LogP contribution is 2.43. The van der Waals surface area contributed by atoms with Crippen molar-refractivity contribution in [1.29, 1.82) is 0 Å². The lowest BCUT2D eigenvalue weighted by Gasteiger charge is -2.20. The monoisotopic (exact) mass is 842 g/mol. The lowest BCUT2D eigenvalue weighted by molar-refractivity contribution is -0.161. The number of hydrogen-bond acceptors (Lipinski definition) is 9. The minimum atomic E-state index is -4.72. The third kappa shape index (κ3) is 40.5. The Balaban J connectivity index is 4.34. The number of phosphoric acid groups is 1. The Bertz CT molecular complexity index is 1130. The second kappa shape index (κ2) is 41.4. The van der Waals surface area contributed by atoms with Crippen LogP contribution in [0.5, 0.6) is 0 Å². The minimum Gasteiger partial charge on any atom is -0.480 e. The van der Waals surface area contributed by atoms with Gasteiger partial charge in [-0.1, -0.05) is 166 Å². The molecule has 0 saturated carbocycles. The Morgan fingerprint density at radius 2 is 0.914 bits per heavy atom. The molecule has 0 saturated heterocycles. The second-order valence-electron chi connectivity index (χ2n) is 15.6. The molecule has 4 N–H and O–H groups in total. The molecule has 0 amide bonds. The van der Waals surface area contributed by atoms with Gasteiger partial charge in [-0.05, 0) is 64.2 Å². The maximum Gasteiger partial charge on any atom is 0.472 e. The molecule has 0 aliphatic rings. The number of unbranched alkanes of at least 4 members (excludes halogenated alkanes) is 24. The molecule has 0 spiro atoms. The van der Waals surface area contributed by atoms with Crippen LogP contribution in [-0.2, 0) is 37.5 Å². The van der Waals surface area contributed by atoms with Crippen LogP contribution in [0.25, 0.3) is 0 Å². The number of hydrogen-bond donors (Lipinski definition) is 3. The zero-order chi connectivity index (χ0) is 42.8. The number of phosphoric ester groups is 1. The molecule has 3 atom stereocenters. The quantitative estimate of drug-likeness (QED) is 0.0175. The van der Waals surface area contributed by atoms with Crippen molar-refractivity contribution in [3.8, 4) is 0 Å². The average molecular weight is 842 g/mol. The number of nitrogens with two attached hydrogens (primary N) is 1. The number of aliphatic carboxylic acids is 1. The van der Waals surface area contributed by atoms with Gasteiger partial charge in [0.2, 0.25) is 0 Å². The molecular formula is C46H84NO10P. The fourth-order valence-electron chi connectivity index (χ4n) is 6.23. The van der Waals surface area contributed by atoms with E-state index < -0.39 is 51.1 Å². The third-order valence-corrected chi connectivity index (χ3v) is 10.8. The summed E-state index contributed by atoms with van der Waals surface area (Å²) < 4.78 is 32.7. The highest BCUT2D eigenvalue weighted by Gasteiger charge is 2.28. The van der Waals surface area contributed by atoms with Crippen molar-refractivity contribution in [1.82, 2.24) is 0 Å². The van der Waals surface area contributed by atoms with Gasteiger partial charge in [0.1, 0.15) is 12.6 Å². The largest absolute Gasteiger partial charge is 0.480 e. The van der Waals surface area contributed by atoms with Crippen molar-refractivity contribution in [2.75, 3.05) is 19.8 Å². The average Bonchev–Trinajstić information content (AvgIpc) is 3.20. The number of ether oxygens (including phenoxy) is 2. The molecule has 338 valence electrons. The van der Waals surface area contributed by atoms with Crippen LogP contribution < -0.4 is 5.73 Å². The molecule has 0 bridgehead atoms. The summed E-state index contributed by atoms with van der Waals surface area (Å²) in [5.74, 6) is -2.40. The first-order valence-electron chi connectivity index (χ1n) is 23.0. The van der Waals surface area contributed by atoms with E-state index in [0.29, 0.717) is 12.8 Å². The molecule has 0 heterocycles. The van der Waals surface area contributed by atoms with Gasteiger partial charge in [0.15, 0.2) is 6.10 Å². The fourth-order valence-corrected chi connectivity index (χ4v) is 7.01. The third-order valence-electron chi connectivity index (χ3n) is 9.89. The number of carbonyl (C=O) groups excluding carboxylic acids is 2. The second-order valence-corrected chi connectivity index (χ2v) is 17.0. The normalized spacial score (nSPS) is 14.0. The molecule has 0 aromatic rings. The minimum absolute atomic E-state index is 0.156. The lowest BCUT2D eigenvalue weighted by atomic mass is 10.1. The first kappa shape index (κ1) is 55.7. The summed E-state index contributed by atoms with van der Waals surface area (Å²) in [4.78, 5) is 46.0. The molecule has 0 aliphatic heterocycles. The predicted octanol–water partition coefficient (Wildman–Crippen LogP) is 12.4. The number of carboxylic acid groups (broad SMARTS) is 1. The predicted molar refractivity (Wildman–Crippen MR) is 235 cm³/mol. The number of carbonyl (C=O) groups is 3. The number of allylic oxidation sites excluding steroid dienone is 6. The molecular weight excluding hydrogens is 757 g/mol. The standard InChI is InChI=1S/C46H84NO10P/c1-3-5-7-9-11-13-15-17-19-20-21-22-24-26-28-30-32-34-36-38-45(49)57-42(40-55-58(52,53)56-41-43(47)46(50)51)39-54-44(48)37-35-33-31-29-27-25-23-18-16-14-12-10-8-6-4-2/h14,16-19,23,42-43H,3-13,15,20-22,24-41,47H2,1-2H3,(H,50,51)(H,52,53)/b16-14+,19-17+,23-18+/t42-,43+/m1/s1. The smallest absolute Gasteiger partial charge is 0.472 e. The first-order chi connectivity index (χ1) is 28.1. The van der Waals surface area contributed by atoms with Crippen LogP contribution in [0.3, 0.4) is 0 Å². The highest BCUT2D eigenvalue weighted by atomic mass is 31.2. The molecule has 1 unspecified atom stereocenters. The molecule has 11 nitrogen and oxygen atoms in total. The Labute approximate surface area is 353 Å². The number of rotatable bonds is 43. The summed E-state index contributed by atoms with van der Waals surface area (Å²) in [5.41, 5.74) is 5.34. The van der Waals surface area contributed by atoms with Crippen LogP contribution in [0.2, 0.25) is 0 Å². The van der Waals surface area contributed by atoms with Gasteiger partial charge in [-0.25, -0.2) is 4.57 Å². The van der Waals surface area contributed by atoms with Crippen LogP contribution in [0.1, 0.15) is 206 Å². The zero-order valence-corrected chi connectivity index (χ0v) is 37.5. The van der Waals surface area contributed by atoms with Crippen LogP contribution in [0, 0.1) is 0 Å². The summed E-state index contributed by atoms with van der Waals surface area (Å²) in [6.07, 6.45) is 44.9. The summed E-state index contributed by atoms with van der Waals surface area (Å²) >= 11 is 0. The van der Waals surface area contributed by atoms with E-state index in [2.05, 4.69) is 54.8 Å². The maximum absolute atomic E-state index is 12.6. The van der Waals surface area contributed by atoms with Crippen molar-refractivity contribution in [3.05, 3.63) is 36.5 Å². The summed E-state index contributed by atoms with van der Waals surface area (Å²) in [5, 5.41) is 8.90. The van der Waals surface area contributed by atoms with E-state index in [1.165, 1.54) is 109 Å².